The van der Waals surface area contributed by atoms with Gasteiger partial charge in [0, 0.05) is 16.6 Å². The van der Waals surface area contributed by atoms with E-state index in [0.29, 0.717) is 19.0 Å². The molecule has 4 nitrogen and oxygen atoms in total. The van der Waals surface area contributed by atoms with Gasteiger partial charge in [-0.2, -0.15) is 0 Å². The van der Waals surface area contributed by atoms with Crippen LogP contribution in [0, 0.1) is 17.6 Å². The van der Waals surface area contributed by atoms with Crippen LogP contribution in [0.2, 0.25) is 0 Å². The summed E-state index contributed by atoms with van der Waals surface area (Å²) in [5.41, 5.74) is 5.66. The summed E-state index contributed by atoms with van der Waals surface area (Å²) in [6.07, 6.45) is 3.42. The van der Waals surface area contributed by atoms with Crippen LogP contribution in [0.1, 0.15) is 25.7 Å². The van der Waals surface area contributed by atoms with Gasteiger partial charge in [0.2, 0.25) is 10.0 Å². The van der Waals surface area contributed by atoms with Crippen molar-refractivity contribution in [3.8, 4) is 0 Å². The average Bonchev–Trinajstić information content (AvgIpc) is 2.37. The van der Waals surface area contributed by atoms with E-state index in [1.165, 1.54) is 0 Å². The summed E-state index contributed by atoms with van der Waals surface area (Å²) in [7, 11) is -4.08. The predicted molar refractivity (Wildman–Crippen MR) is 79.2 cm³/mol. The van der Waals surface area contributed by atoms with E-state index in [-0.39, 0.29) is 16.4 Å². The maximum absolute atomic E-state index is 13.8. The van der Waals surface area contributed by atoms with Crippen LogP contribution in [0.25, 0.3) is 0 Å². The molecule has 1 aromatic rings. The monoisotopic (exact) mass is 382 g/mol. The highest BCUT2D eigenvalue weighted by atomic mass is 79.9. The zero-order valence-electron chi connectivity index (χ0n) is 11.3. The molecule has 0 spiro atoms. The Morgan fingerprint density at radius 3 is 2.57 bits per heavy atom. The molecular formula is C13H17BrF2N2O2S. The van der Waals surface area contributed by atoms with Crippen molar-refractivity contribution in [3.05, 3.63) is 28.2 Å². The fourth-order valence-electron chi connectivity index (χ4n) is 2.69. The number of hydrogen-bond donors (Lipinski definition) is 2. The Bertz CT molecular complexity index is 602. The highest BCUT2D eigenvalue weighted by Crippen LogP contribution is 2.29. The Kier molecular flexibility index (Phi) is 5.34. The van der Waals surface area contributed by atoms with Crippen LogP contribution in [-0.2, 0) is 10.0 Å². The molecule has 0 aromatic heterocycles. The summed E-state index contributed by atoms with van der Waals surface area (Å²) in [5, 5.41) is 0. The number of benzene rings is 1. The van der Waals surface area contributed by atoms with Crippen molar-refractivity contribution in [1.82, 2.24) is 4.72 Å². The molecule has 1 aliphatic rings. The minimum Gasteiger partial charge on any atom is -0.330 e. The highest BCUT2D eigenvalue weighted by molar-refractivity contribution is 9.10. The SMILES string of the molecule is NCC1CCCCC1NS(=O)(=O)c1c(F)cc(F)cc1Br. The Morgan fingerprint density at radius 1 is 1.29 bits per heavy atom. The molecule has 118 valence electrons. The summed E-state index contributed by atoms with van der Waals surface area (Å²) >= 11 is 2.91. The molecule has 2 atom stereocenters. The molecule has 1 aromatic carbocycles. The quantitative estimate of drug-likeness (QED) is 0.840. The molecule has 21 heavy (non-hydrogen) atoms. The van der Waals surface area contributed by atoms with Crippen molar-refractivity contribution >= 4 is 26.0 Å². The molecule has 0 amide bonds. The molecular weight excluding hydrogens is 366 g/mol. The first kappa shape index (κ1) is 16.8. The van der Waals surface area contributed by atoms with E-state index in [1.54, 1.807) is 0 Å². The second-order valence-electron chi connectivity index (χ2n) is 5.21. The maximum atomic E-state index is 13.8. The molecule has 0 saturated heterocycles. The van der Waals surface area contributed by atoms with Crippen LogP contribution < -0.4 is 10.5 Å². The normalized spacial score (nSPS) is 23.2. The van der Waals surface area contributed by atoms with Gasteiger partial charge in [0.05, 0.1) is 0 Å². The van der Waals surface area contributed by atoms with Crippen molar-refractivity contribution < 1.29 is 17.2 Å². The van der Waals surface area contributed by atoms with Crippen molar-refractivity contribution in [2.45, 2.75) is 36.6 Å². The third kappa shape index (κ3) is 3.80. The van der Waals surface area contributed by atoms with Crippen LogP contribution in [0.15, 0.2) is 21.5 Å². The lowest BCUT2D eigenvalue weighted by Gasteiger charge is -2.31. The van der Waals surface area contributed by atoms with Gasteiger partial charge in [-0.3, -0.25) is 0 Å². The number of nitrogens with one attached hydrogen (secondary N) is 1. The molecule has 1 saturated carbocycles. The van der Waals surface area contributed by atoms with Crippen LogP contribution >= 0.6 is 15.9 Å². The fraction of sp³-hybridized carbons (Fsp3) is 0.538. The van der Waals surface area contributed by atoms with Crippen LogP contribution in [0.4, 0.5) is 8.78 Å². The highest BCUT2D eigenvalue weighted by Gasteiger charge is 2.31. The topological polar surface area (TPSA) is 72.2 Å². The molecule has 1 fully saturated rings. The van der Waals surface area contributed by atoms with Gasteiger partial charge in [0.15, 0.2) is 0 Å². The van der Waals surface area contributed by atoms with Crippen molar-refractivity contribution in [2.24, 2.45) is 11.7 Å². The fourth-order valence-corrected chi connectivity index (χ4v) is 5.19. The third-order valence-electron chi connectivity index (χ3n) is 3.75. The van der Waals surface area contributed by atoms with Gasteiger partial charge in [-0.1, -0.05) is 12.8 Å². The number of halogens is 3. The molecule has 3 N–H and O–H groups in total. The first-order valence-corrected chi connectivity index (χ1v) is 8.99. The lowest BCUT2D eigenvalue weighted by atomic mass is 9.85. The summed E-state index contributed by atoms with van der Waals surface area (Å²) in [6, 6.07) is 1.17. The Morgan fingerprint density at radius 2 is 1.95 bits per heavy atom. The Hall–Kier alpha value is -0.570. The second-order valence-corrected chi connectivity index (χ2v) is 7.71. The van der Waals surface area contributed by atoms with E-state index in [9.17, 15) is 17.2 Å². The van der Waals surface area contributed by atoms with Crippen LogP contribution in [0.3, 0.4) is 0 Å². The van der Waals surface area contributed by atoms with E-state index in [2.05, 4.69) is 20.7 Å². The molecule has 2 unspecified atom stereocenters. The van der Waals surface area contributed by atoms with Gasteiger partial charge in [-0.25, -0.2) is 21.9 Å². The minimum absolute atomic E-state index is 0.0378. The van der Waals surface area contributed by atoms with E-state index < -0.39 is 26.6 Å². The van der Waals surface area contributed by atoms with Gasteiger partial charge in [0.1, 0.15) is 16.5 Å². The van der Waals surface area contributed by atoms with Gasteiger partial charge in [0.25, 0.3) is 0 Å². The molecule has 2 rings (SSSR count). The molecule has 0 radical (unpaired) electrons. The molecule has 0 aliphatic heterocycles. The molecule has 0 heterocycles. The third-order valence-corrected chi connectivity index (χ3v) is 6.20. The summed E-state index contributed by atoms with van der Waals surface area (Å²) in [6.45, 7) is 0.375. The first-order chi connectivity index (χ1) is 9.85. The second kappa shape index (κ2) is 6.68. The Balaban J connectivity index is 2.30. The first-order valence-electron chi connectivity index (χ1n) is 6.72. The molecule has 0 bridgehead atoms. The molecule has 8 heteroatoms. The van der Waals surface area contributed by atoms with E-state index in [4.69, 9.17) is 5.73 Å². The largest absolute Gasteiger partial charge is 0.330 e. The van der Waals surface area contributed by atoms with Crippen molar-refractivity contribution in [2.75, 3.05) is 6.54 Å². The summed E-state index contributed by atoms with van der Waals surface area (Å²) < 4.78 is 54.0. The van der Waals surface area contributed by atoms with Gasteiger partial charge < -0.3 is 5.73 Å². The smallest absolute Gasteiger partial charge is 0.244 e. The predicted octanol–water partition coefficient (Wildman–Crippen LogP) is 2.52. The van der Waals surface area contributed by atoms with Crippen LogP contribution in [0.5, 0.6) is 0 Å². The van der Waals surface area contributed by atoms with Crippen molar-refractivity contribution in [1.29, 1.82) is 0 Å². The van der Waals surface area contributed by atoms with Crippen molar-refractivity contribution in [3.63, 3.8) is 0 Å². The Labute approximate surface area is 131 Å². The van der Waals surface area contributed by atoms with Gasteiger partial charge >= 0.3 is 0 Å². The maximum Gasteiger partial charge on any atom is 0.244 e. The summed E-state index contributed by atoms with van der Waals surface area (Å²) in [5.74, 6) is -1.92. The minimum atomic E-state index is -4.08. The van der Waals surface area contributed by atoms with E-state index >= 15 is 0 Å². The standard InChI is InChI=1S/C13H17BrF2N2O2S/c14-10-5-9(15)6-11(16)13(10)21(19,20)18-12-4-2-1-3-8(12)7-17/h5-6,8,12,18H,1-4,7,17H2. The number of rotatable bonds is 4. The van der Waals surface area contributed by atoms with E-state index in [0.717, 1.165) is 25.3 Å². The summed E-state index contributed by atoms with van der Waals surface area (Å²) in [4.78, 5) is -0.565. The van der Waals surface area contributed by atoms with E-state index in [1.807, 2.05) is 0 Å². The lowest BCUT2D eigenvalue weighted by molar-refractivity contribution is 0.296. The van der Waals surface area contributed by atoms with Gasteiger partial charge in [-0.15, -0.1) is 0 Å². The zero-order valence-corrected chi connectivity index (χ0v) is 13.7. The lowest BCUT2D eigenvalue weighted by Crippen LogP contribution is -2.44. The van der Waals surface area contributed by atoms with Crippen LogP contribution in [-0.4, -0.2) is 21.0 Å². The number of nitrogens with two attached hydrogens (primary N) is 1. The van der Waals surface area contributed by atoms with Gasteiger partial charge in [-0.05, 0) is 47.3 Å². The average molecular weight is 383 g/mol. The number of sulfonamides is 1. The number of hydrogen-bond acceptors (Lipinski definition) is 3. The molecule has 1 aliphatic carbocycles. The zero-order chi connectivity index (χ0) is 15.6.